The molecule has 0 unspecified atom stereocenters. The molecule has 2 fully saturated rings. The molecule has 2 aliphatic rings. The van der Waals surface area contributed by atoms with E-state index in [1.807, 2.05) is 18.2 Å². The molecule has 6 heteroatoms. The molecule has 2 heterocycles. The predicted octanol–water partition coefficient (Wildman–Crippen LogP) is 3.76. The molecular weight excluding hydrogens is 355 g/mol. The van der Waals surface area contributed by atoms with Crippen LogP contribution in [0, 0.1) is 5.82 Å². The molecule has 0 bridgehead atoms. The summed E-state index contributed by atoms with van der Waals surface area (Å²) >= 11 is 5.95. The lowest BCUT2D eigenvalue weighted by Gasteiger charge is -2.13. The van der Waals surface area contributed by atoms with Crippen LogP contribution in [0.4, 0.5) is 4.39 Å². The van der Waals surface area contributed by atoms with E-state index in [0.29, 0.717) is 30.0 Å². The summed E-state index contributed by atoms with van der Waals surface area (Å²) in [4.78, 5) is 26.9. The molecule has 1 aliphatic carbocycles. The number of nitrogens with one attached hydrogen (secondary N) is 2. The van der Waals surface area contributed by atoms with Crippen LogP contribution in [0.2, 0.25) is 5.02 Å². The number of aromatic amines is 1. The molecular formula is C20H18ClFN2O2. The van der Waals surface area contributed by atoms with Crippen molar-refractivity contribution in [3.63, 3.8) is 0 Å². The smallest absolute Gasteiger partial charge is 0.251 e. The molecule has 0 spiro atoms. The minimum absolute atomic E-state index is 0.000290. The summed E-state index contributed by atoms with van der Waals surface area (Å²) in [6, 6.07) is 8.05. The van der Waals surface area contributed by atoms with Crippen LogP contribution in [0.1, 0.15) is 48.4 Å². The Morgan fingerprint density at radius 3 is 2.58 bits per heavy atom. The van der Waals surface area contributed by atoms with E-state index in [-0.39, 0.29) is 22.5 Å². The largest absolute Gasteiger partial charge is 0.350 e. The summed E-state index contributed by atoms with van der Waals surface area (Å²) in [5.74, 6) is -0.142. The fourth-order valence-corrected chi connectivity index (χ4v) is 3.51. The first-order chi connectivity index (χ1) is 12.5. The minimum Gasteiger partial charge on any atom is -0.350 e. The van der Waals surface area contributed by atoms with Gasteiger partial charge in [0.2, 0.25) is 5.91 Å². The molecule has 1 amide bonds. The Hall–Kier alpha value is -2.40. The maximum atomic E-state index is 13.6. The number of hydrogen-bond donors (Lipinski definition) is 2. The number of halogens is 2. The number of pyridine rings is 1. The third-order valence-electron chi connectivity index (χ3n) is 4.87. The van der Waals surface area contributed by atoms with Gasteiger partial charge in [0.15, 0.2) is 0 Å². The number of carbonyl (C=O) groups excluding carboxylic acids is 1. The van der Waals surface area contributed by atoms with Gasteiger partial charge in [-0.2, -0.15) is 0 Å². The Morgan fingerprint density at radius 2 is 1.96 bits per heavy atom. The van der Waals surface area contributed by atoms with E-state index >= 15 is 0 Å². The fourth-order valence-electron chi connectivity index (χ4n) is 3.33. The fraction of sp³-hybridized carbons (Fsp3) is 0.300. The Kier molecular flexibility index (Phi) is 4.41. The summed E-state index contributed by atoms with van der Waals surface area (Å²) in [6.45, 7) is 0. The van der Waals surface area contributed by atoms with Crippen LogP contribution in [0.15, 0.2) is 41.2 Å². The molecule has 26 heavy (non-hydrogen) atoms. The van der Waals surface area contributed by atoms with E-state index in [1.165, 1.54) is 12.1 Å². The molecule has 134 valence electrons. The molecule has 1 aliphatic heterocycles. The Labute approximate surface area is 155 Å². The Balaban J connectivity index is 1.78. The van der Waals surface area contributed by atoms with E-state index in [2.05, 4.69) is 10.3 Å². The maximum Gasteiger partial charge on any atom is 0.251 e. The first kappa shape index (κ1) is 17.0. The minimum atomic E-state index is -0.499. The van der Waals surface area contributed by atoms with Crippen LogP contribution in [-0.4, -0.2) is 16.9 Å². The van der Waals surface area contributed by atoms with Gasteiger partial charge in [0.1, 0.15) is 5.82 Å². The van der Waals surface area contributed by atoms with Crippen LogP contribution in [0.25, 0.3) is 5.57 Å². The summed E-state index contributed by atoms with van der Waals surface area (Å²) in [7, 11) is 0. The average Bonchev–Trinajstić information content (AvgIpc) is 3.37. The van der Waals surface area contributed by atoms with E-state index in [0.717, 1.165) is 24.0 Å². The van der Waals surface area contributed by atoms with Gasteiger partial charge in [-0.05, 0) is 48.9 Å². The highest BCUT2D eigenvalue weighted by Gasteiger charge is 2.26. The monoisotopic (exact) mass is 372 g/mol. The summed E-state index contributed by atoms with van der Waals surface area (Å²) in [5, 5.41) is 2.90. The number of H-pyrrole nitrogens is 1. The first-order valence-corrected chi connectivity index (χ1v) is 9.09. The maximum absolute atomic E-state index is 13.6. The zero-order valence-corrected chi connectivity index (χ0v) is 14.8. The van der Waals surface area contributed by atoms with Crippen molar-refractivity contribution in [1.29, 1.82) is 0 Å². The number of aromatic nitrogens is 1. The lowest BCUT2D eigenvalue weighted by molar-refractivity contribution is -0.119. The molecule has 1 atom stereocenters. The van der Waals surface area contributed by atoms with Gasteiger partial charge in [-0.25, -0.2) is 4.39 Å². The lowest BCUT2D eigenvalue weighted by Crippen LogP contribution is -2.23. The van der Waals surface area contributed by atoms with Crippen molar-refractivity contribution < 1.29 is 9.18 Å². The van der Waals surface area contributed by atoms with Gasteiger partial charge in [-0.1, -0.05) is 29.8 Å². The molecule has 2 N–H and O–H groups in total. The number of benzene rings is 1. The number of carbonyl (C=O) groups is 1. The molecule has 1 saturated heterocycles. The van der Waals surface area contributed by atoms with Crippen molar-refractivity contribution in [3.05, 3.63) is 74.4 Å². The molecule has 1 aromatic heterocycles. The molecule has 4 nitrogen and oxygen atoms in total. The van der Waals surface area contributed by atoms with Gasteiger partial charge >= 0.3 is 0 Å². The van der Waals surface area contributed by atoms with Crippen molar-refractivity contribution >= 4 is 23.1 Å². The van der Waals surface area contributed by atoms with Crippen molar-refractivity contribution in [2.24, 2.45) is 0 Å². The highest BCUT2D eigenvalue weighted by Crippen LogP contribution is 2.38. The summed E-state index contributed by atoms with van der Waals surface area (Å²) in [6.07, 6.45) is 5.15. The second kappa shape index (κ2) is 6.72. The van der Waals surface area contributed by atoms with Gasteiger partial charge in [0.05, 0.1) is 5.02 Å². The second-order valence-corrected chi connectivity index (χ2v) is 7.26. The normalized spacial score (nSPS) is 20.3. The van der Waals surface area contributed by atoms with Crippen LogP contribution in [0.5, 0.6) is 0 Å². The number of rotatable bonds is 4. The van der Waals surface area contributed by atoms with E-state index < -0.39 is 5.82 Å². The van der Waals surface area contributed by atoms with Gasteiger partial charge < -0.3 is 10.3 Å². The first-order valence-electron chi connectivity index (χ1n) is 8.71. The molecule has 2 aromatic rings. The van der Waals surface area contributed by atoms with Crippen molar-refractivity contribution in [2.75, 3.05) is 0 Å². The van der Waals surface area contributed by atoms with Crippen LogP contribution < -0.4 is 10.9 Å². The standard InChI is InChI=1S/C20H18ClFN2O2/c21-16-9-12(3-6-17(16)22)15(10-13-4-8-19(25)23-13)18-7-5-14(11-1-2-11)20(26)24-18/h3,5-7,9-11,13H,1-2,4,8H2,(H,23,25)(H,24,26)/b15-10-/t13-/m1/s1. The SMILES string of the molecule is O=C1CC[C@H](/C=C(/c2ccc(F)c(Cl)c2)c2ccc(C3CC3)c(=O)[nH]2)N1. The second-order valence-electron chi connectivity index (χ2n) is 6.85. The third-order valence-corrected chi connectivity index (χ3v) is 5.16. The highest BCUT2D eigenvalue weighted by atomic mass is 35.5. The topological polar surface area (TPSA) is 62.0 Å². The zero-order chi connectivity index (χ0) is 18.3. The lowest BCUT2D eigenvalue weighted by atomic mass is 9.98. The van der Waals surface area contributed by atoms with E-state index in [4.69, 9.17) is 11.6 Å². The van der Waals surface area contributed by atoms with Crippen molar-refractivity contribution in [2.45, 2.75) is 37.6 Å². The average molecular weight is 373 g/mol. The van der Waals surface area contributed by atoms with Crippen LogP contribution in [-0.2, 0) is 4.79 Å². The van der Waals surface area contributed by atoms with Crippen LogP contribution >= 0.6 is 11.6 Å². The quantitative estimate of drug-likeness (QED) is 0.858. The number of amides is 1. The zero-order valence-electron chi connectivity index (χ0n) is 14.0. The van der Waals surface area contributed by atoms with E-state index in [1.54, 1.807) is 6.07 Å². The highest BCUT2D eigenvalue weighted by molar-refractivity contribution is 6.30. The molecule has 4 rings (SSSR count). The summed E-state index contributed by atoms with van der Waals surface area (Å²) in [5.41, 5.74) is 2.74. The third kappa shape index (κ3) is 3.44. The molecule has 0 radical (unpaired) electrons. The Morgan fingerprint density at radius 1 is 1.15 bits per heavy atom. The van der Waals surface area contributed by atoms with Gasteiger partial charge in [0.25, 0.3) is 5.56 Å². The van der Waals surface area contributed by atoms with E-state index in [9.17, 15) is 14.0 Å². The molecule has 1 aromatic carbocycles. The van der Waals surface area contributed by atoms with Crippen molar-refractivity contribution in [3.8, 4) is 0 Å². The number of hydrogen-bond acceptors (Lipinski definition) is 2. The predicted molar refractivity (Wildman–Crippen MR) is 98.7 cm³/mol. The van der Waals surface area contributed by atoms with Crippen LogP contribution in [0.3, 0.4) is 0 Å². The van der Waals surface area contributed by atoms with Gasteiger partial charge in [-0.15, -0.1) is 0 Å². The van der Waals surface area contributed by atoms with Gasteiger partial charge in [-0.3, -0.25) is 9.59 Å². The Bertz CT molecular complexity index is 963. The van der Waals surface area contributed by atoms with Gasteiger partial charge in [0, 0.05) is 29.3 Å². The molecule has 1 saturated carbocycles. The summed E-state index contributed by atoms with van der Waals surface area (Å²) < 4.78 is 13.6. The van der Waals surface area contributed by atoms with Crippen molar-refractivity contribution in [1.82, 2.24) is 10.3 Å².